The van der Waals surface area contributed by atoms with Gasteiger partial charge in [-0.25, -0.2) is 8.78 Å². The minimum absolute atomic E-state index is 0.0434. The van der Waals surface area contributed by atoms with Gasteiger partial charge in [-0.3, -0.25) is 9.59 Å². The molecule has 2 heterocycles. The van der Waals surface area contributed by atoms with Crippen LogP contribution in [0.5, 0.6) is 17.2 Å². The van der Waals surface area contributed by atoms with Gasteiger partial charge in [0.2, 0.25) is 5.91 Å². The third kappa shape index (κ3) is 8.38. The molecule has 2 unspecified atom stereocenters. The molecule has 2 aromatic rings. The molecule has 10 heteroatoms. The second-order valence-corrected chi connectivity index (χ2v) is 10.4. The lowest BCUT2D eigenvalue weighted by Gasteiger charge is -2.36. The SMILES string of the molecule is COc1ccc(C(=O)CCCCCC(=O)NC(CN2CCC(F)(F)CC2)C(O)c2ccc3c(c2)OCCO3)cc1. The van der Waals surface area contributed by atoms with Crippen LogP contribution in [0.2, 0.25) is 0 Å². The molecule has 0 aromatic heterocycles. The molecule has 2 N–H and O–H groups in total. The molecule has 2 atom stereocenters. The Bertz CT molecular complexity index is 1130. The summed E-state index contributed by atoms with van der Waals surface area (Å²) >= 11 is 0. The van der Waals surface area contributed by atoms with Gasteiger partial charge >= 0.3 is 0 Å². The second-order valence-electron chi connectivity index (χ2n) is 10.4. The number of piperidine rings is 1. The predicted molar refractivity (Wildman–Crippen MR) is 145 cm³/mol. The summed E-state index contributed by atoms with van der Waals surface area (Å²) in [5.74, 6) is -1.06. The van der Waals surface area contributed by atoms with Crippen LogP contribution in [0, 0.1) is 0 Å². The van der Waals surface area contributed by atoms with Crippen LogP contribution in [0.4, 0.5) is 8.78 Å². The maximum Gasteiger partial charge on any atom is 0.250 e. The van der Waals surface area contributed by atoms with Gasteiger partial charge in [0.25, 0.3) is 5.92 Å². The first-order valence-corrected chi connectivity index (χ1v) is 13.9. The van der Waals surface area contributed by atoms with Crippen molar-refractivity contribution in [1.29, 1.82) is 0 Å². The van der Waals surface area contributed by atoms with Gasteiger partial charge in [0.05, 0.1) is 13.2 Å². The Labute approximate surface area is 233 Å². The number of unbranched alkanes of at least 4 members (excludes halogenated alkanes) is 2. The van der Waals surface area contributed by atoms with Crippen LogP contribution >= 0.6 is 0 Å². The van der Waals surface area contributed by atoms with Crippen molar-refractivity contribution in [3.8, 4) is 17.2 Å². The Hall–Kier alpha value is -3.24. The van der Waals surface area contributed by atoms with Gasteiger partial charge in [-0.05, 0) is 54.8 Å². The van der Waals surface area contributed by atoms with Crippen molar-refractivity contribution in [3.63, 3.8) is 0 Å². The zero-order valence-electron chi connectivity index (χ0n) is 22.9. The quantitative estimate of drug-likeness (QED) is 0.274. The van der Waals surface area contributed by atoms with Crippen molar-refractivity contribution in [2.24, 2.45) is 0 Å². The minimum atomic E-state index is -2.68. The molecule has 8 nitrogen and oxygen atoms in total. The maximum atomic E-state index is 13.7. The number of hydrogen-bond donors (Lipinski definition) is 2. The molecule has 1 amide bonds. The summed E-state index contributed by atoms with van der Waals surface area (Å²) in [6.07, 6.45) is 1.01. The smallest absolute Gasteiger partial charge is 0.250 e. The average molecular weight is 561 g/mol. The number of fused-ring (bicyclic) bond motifs is 1. The molecule has 0 bridgehead atoms. The van der Waals surface area contributed by atoms with Crippen LogP contribution in [-0.4, -0.2) is 73.6 Å². The fourth-order valence-electron chi connectivity index (χ4n) is 4.99. The monoisotopic (exact) mass is 560 g/mol. The highest BCUT2D eigenvalue weighted by atomic mass is 19.3. The molecule has 2 aliphatic rings. The van der Waals surface area contributed by atoms with E-state index >= 15 is 0 Å². The van der Waals surface area contributed by atoms with Crippen LogP contribution in [0.25, 0.3) is 0 Å². The Kier molecular flexibility index (Phi) is 10.3. The Morgan fingerprint density at radius 1 is 1.00 bits per heavy atom. The molecule has 218 valence electrons. The number of methoxy groups -OCH3 is 1. The number of aliphatic hydroxyl groups is 1. The number of likely N-dealkylation sites (tertiary alicyclic amines) is 1. The third-order valence-electron chi connectivity index (χ3n) is 7.40. The van der Waals surface area contributed by atoms with Gasteiger partial charge in [0, 0.05) is 50.9 Å². The minimum Gasteiger partial charge on any atom is -0.497 e. The van der Waals surface area contributed by atoms with E-state index in [1.54, 1.807) is 49.6 Å². The second kappa shape index (κ2) is 13.9. The summed E-state index contributed by atoms with van der Waals surface area (Å²) in [7, 11) is 1.57. The zero-order chi connectivity index (χ0) is 28.5. The van der Waals surface area contributed by atoms with Gasteiger partial charge in [-0.2, -0.15) is 0 Å². The molecule has 40 heavy (non-hydrogen) atoms. The highest BCUT2D eigenvalue weighted by Crippen LogP contribution is 2.34. The molecule has 2 aliphatic heterocycles. The number of carbonyl (C=O) groups is 2. The molecule has 0 spiro atoms. The van der Waals surface area contributed by atoms with E-state index < -0.39 is 18.1 Å². The number of halogens is 2. The number of nitrogens with one attached hydrogen (secondary N) is 1. The van der Waals surface area contributed by atoms with Gasteiger partial charge in [-0.1, -0.05) is 12.5 Å². The zero-order valence-corrected chi connectivity index (χ0v) is 22.9. The van der Waals surface area contributed by atoms with Crippen molar-refractivity contribution in [2.75, 3.05) is 40.0 Å². The molecule has 1 saturated heterocycles. The molecule has 2 aromatic carbocycles. The first-order valence-electron chi connectivity index (χ1n) is 13.9. The fourth-order valence-corrected chi connectivity index (χ4v) is 4.99. The number of ketones is 1. The van der Waals surface area contributed by atoms with Crippen molar-refractivity contribution in [3.05, 3.63) is 53.6 Å². The number of aliphatic hydroxyl groups excluding tert-OH is 1. The normalized spacial score (nSPS) is 18.0. The molecular formula is C30H38F2N2O6. The fraction of sp³-hybridized carbons (Fsp3) is 0.533. The van der Waals surface area contributed by atoms with Crippen molar-refractivity contribution < 1.29 is 37.7 Å². The van der Waals surface area contributed by atoms with Gasteiger partial charge < -0.3 is 29.5 Å². The Morgan fingerprint density at radius 3 is 2.38 bits per heavy atom. The number of Topliss-reactive ketones (excluding diaryl/α,β-unsaturated/α-hetero) is 1. The van der Waals surface area contributed by atoms with Gasteiger partial charge in [0.1, 0.15) is 25.1 Å². The largest absolute Gasteiger partial charge is 0.497 e. The van der Waals surface area contributed by atoms with Crippen molar-refractivity contribution in [2.45, 2.75) is 63.0 Å². The van der Waals surface area contributed by atoms with Crippen LogP contribution in [0.3, 0.4) is 0 Å². The molecule has 0 aliphatic carbocycles. The Morgan fingerprint density at radius 2 is 1.68 bits per heavy atom. The molecular weight excluding hydrogens is 522 g/mol. The summed E-state index contributed by atoms with van der Waals surface area (Å²) in [6.45, 7) is 1.47. The summed E-state index contributed by atoms with van der Waals surface area (Å²) < 4.78 is 43.7. The van der Waals surface area contributed by atoms with E-state index in [4.69, 9.17) is 14.2 Å². The van der Waals surface area contributed by atoms with Gasteiger partial charge in [-0.15, -0.1) is 0 Å². The number of ether oxygens (including phenoxy) is 3. The standard InChI is InChI=1S/C30H38F2N2O6/c1-38-23-10-7-21(8-11-23)25(35)5-3-2-4-6-28(36)33-24(20-34-15-13-30(31,32)14-16-34)29(37)22-9-12-26-27(19-22)40-18-17-39-26/h7-12,19,24,29,37H,2-6,13-18,20H2,1H3,(H,33,36). The van der Waals surface area contributed by atoms with E-state index in [1.165, 1.54) is 0 Å². The highest BCUT2D eigenvalue weighted by molar-refractivity contribution is 5.96. The van der Waals surface area contributed by atoms with E-state index in [2.05, 4.69) is 5.32 Å². The predicted octanol–water partition coefficient (Wildman–Crippen LogP) is 4.55. The van der Waals surface area contributed by atoms with Crippen LogP contribution < -0.4 is 19.5 Å². The van der Waals surface area contributed by atoms with Gasteiger partial charge in [0.15, 0.2) is 17.3 Å². The average Bonchev–Trinajstić information content (AvgIpc) is 2.97. The Balaban J connectivity index is 1.29. The lowest BCUT2D eigenvalue weighted by atomic mass is 9.99. The lowest BCUT2D eigenvalue weighted by Crippen LogP contribution is -2.50. The summed E-state index contributed by atoms with van der Waals surface area (Å²) in [4.78, 5) is 27.1. The van der Waals surface area contributed by atoms with E-state index in [1.807, 2.05) is 4.90 Å². The number of benzene rings is 2. The van der Waals surface area contributed by atoms with E-state index in [-0.39, 0.29) is 50.6 Å². The number of carbonyl (C=O) groups excluding carboxylic acids is 2. The number of rotatable bonds is 13. The highest BCUT2D eigenvalue weighted by Gasteiger charge is 2.36. The van der Waals surface area contributed by atoms with Crippen LogP contribution in [-0.2, 0) is 4.79 Å². The summed E-state index contributed by atoms with van der Waals surface area (Å²) in [5.41, 5.74) is 1.18. The third-order valence-corrected chi connectivity index (χ3v) is 7.40. The molecule has 1 fully saturated rings. The van der Waals surface area contributed by atoms with Crippen molar-refractivity contribution >= 4 is 11.7 Å². The molecule has 4 rings (SSSR count). The van der Waals surface area contributed by atoms with Crippen LogP contribution in [0.1, 0.15) is 67.0 Å². The first kappa shape index (κ1) is 29.7. The molecule has 0 saturated carbocycles. The number of hydrogen-bond acceptors (Lipinski definition) is 7. The van der Waals surface area contributed by atoms with E-state index in [0.29, 0.717) is 67.3 Å². The maximum absolute atomic E-state index is 13.7. The number of alkyl halides is 2. The topological polar surface area (TPSA) is 97.3 Å². The lowest BCUT2D eigenvalue weighted by molar-refractivity contribution is -0.123. The first-order chi connectivity index (χ1) is 19.2. The number of nitrogens with zero attached hydrogens (tertiary/aromatic N) is 1. The summed E-state index contributed by atoms with van der Waals surface area (Å²) in [6, 6.07) is 11.4. The molecule has 0 radical (unpaired) electrons. The van der Waals surface area contributed by atoms with E-state index in [0.717, 1.165) is 0 Å². The van der Waals surface area contributed by atoms with Crippen molar-refractivity contribution in [1.82, 2.24) is 10.2 Å². The van der Waals surface area contributed by atoms with Crippen LogP contribution in [0.15, 0.2) is 42.5 Å². The number of amides is 1. The summed E-state index contributed by atoms with van der Waals surface area (Å²) in [5, 5.41) is 14.2. The van der Waals surface area contributed by atoms with E-state index in [9.17, 15) is 23.5 Å².